The molecule has 1 aliphatic heterocycles. The molecule has 1 aromatic carbocycles. The van der Waals surface area contributed by atoms with E-state index in [0.717, 1.165) is 35.5 Å². The van der Waals surface area contributed by atoms with Crippen LogP contribution in [0.4, 0.5) is 0 Å². The Morgan fingerprint density at radius 1 is 1.31 bits per heavy atom. The number of aromatic nitrogens is 2. The van der Waals surface area contributed by atoms with Gasteiger partial charge in [0.25, 0.3) is 5.91 Å². The van der Waals surface area contributed by atoms with Crippen molar-refractivity contribution in [3.63, 3.8) is 0 Å². The lowest BCUT2D eigenvalue weighted by Crippen LogP contribution is -2.35. The third-order valence-electron chi connectivity index (χ3n) is 5.10. The number of aryl methyl sites for hydroxylation is 1. The molecule has 2 N–H and O–H groups in total. The zero-order valence-corrected chi connectivity index (χ0v) is 17.0. The Kier molecular flexibility index (Phi) is 6.72. The van der Waals surface area contributed by atoms with Gasteiger partial charge in [0.05, 0.1) is 17.8 Å². The monoisotopic (exact) mass is 396 g/mol. The van der Waals surface area contributed by atoms with E-state index in [1.165, 1.54) is 0 Å². The van der Waals surface area contributed by atoms with Crippen LogP contribution in [0.2, 0.25) is 5.02 Å². The molecule has 3 rings (SSSR count). The van der Waals surface area contributed by atoms with Crippen molar-refractivity contribution in [3.8, 4) is 0 Å². The maximum Gasteiger partial charge on any atom is 0.257 e. The van der Waals surface area contributed by atoms with Gasteiger partial charge in [-0.3, -0.25) is 9.48 Å². The molecule has 0 saturated carbocycles. The highest BCUT2D eigenvalue weighted by atomic mass is 35.5. The minimum atomic E-state index is 0. The fraction of sp³-hybridized carbons (Fsp3) is 0.474. The molecular weight excluding hydrogens is 371 g/mol. The first-order chi connectivity index (χ1) is 11.9. The standard InChI is InChI=1S/C19H25ClN4O.ClH/c1-12-8-16(9-21)10-23(12)19(25)18-13(2)22-24(14(18)3)11-15-4-6-17(20)7-5-15;/h4-7,12,16H,8-11,21H2,1-3H3;1H. The molecule has 2 aromatic rings. The number of nitrogens with two attached hydrogens (primary N) is 1. The third kappa shape index (κ3) is 4.05. The van der Waals surface area contributed by atoms with Crippen molar-refractivity contribution in [2.45, 2.75) is 39.8 Å². The molecule has 2 unspecified atom stereocenters. The number of nitrogens with zero attached hydrogens (tertiary/aromatic N) is 3. The van der Waals surface area contributed by atoms with E-state index in [9.17, 15) is 4.79 Å². The van der Waals surface area contributed by atoms with E-state index in [2.05, 4.69) is 12.0 Å². The van der Waals surface area contributed by atoms with E-state index < -0.39 is 0 Å². The molecule has 142 valence electrons. The van der Waals surface area contributed by atoms with Gasteiger partial charge in [-0.25, -0.2) is 0 Å². The number of likely N-dealkylation sites (tertiary alicyclic amines) is 1. The fourth-order valence-corrected chi connectivity index (χ4v) is 3.79. The first-order valence-corrected chi connectivity index (χ1v) is 9.08. The normalized spacial score (nSPS) is 19.5. The molecule has 2 atom stereocenters. The van der Waals surface area contributed by atoms with Crippen LogP contribution in [0.1, 0.15) is 40.7 Å². The van der Waals surface area contributed by atoms with E-state index in [0.29, 0.717) is 24.0 Å². The number of hydrogen-bond donors (Lipinski definition) is 1. The number of carbonyl (C=O) groups is 1. The van der Waals surface area contributed by atoms with E-state index in [1.807, 2.05) is 47.7 Å². The largest absolute Gasteiger partial charge is 0.335 e. The Bertz CT molecular complexity index is 773. The third-order valence-corrected chi connectivity index (χ3v) is 5.35. The lowest BCUT2D eigenvalue weighted by molar-refractivity contribution is 0.0742. The van der Waals surface area contributed by atoms with Gasteiger partial charge in [-0.2, -0.15) is 5.10 Å². The summed E-state index contributed by atoms with van der Waals surface area (Å²) in [6.45, 7) is 7.94. The molecular formula is C19H26Cl2N4O. The minimum absolute atomic E-state index is 0. The first kappa shape index (κ1) is 20.7. The van der Waals surface area contributed by atoms with Crippen molar-refractivity contribution in [1.29, 1.82) is 0 Å². The summed E-state index contributed by atoms with van der Waals surface area (Å²) < 4.78 is 1.90. The van der Waals surface area contributed by atoms with Crippen molar-refractivity contribution in [2.75, 3.05) is 13.1 Å². The zero-order chi connectivity index (χ0) is 18.1. The van der Waals surface area contributed by atoms with Gasteiger partial charge in [-0.15, -0.1) is 12.4 Å². The number of halogens is 2. The molecule has 5 nitrogen and oxygen atoms in total. The molecule has 1 saturated heterocycles. The highest BCUT2D eigenvalue weighted by molar-refractivity contribution is 6.30. The first-order valence-electron chi connectivity index (χ1n) is 8.70. The van der Waals surface area contributed by atoms with Crippen molar-refractivity contribution < 1.29 is 4.79 Å². The molecule has 0 aliphatic carbocycles. The van der Waals surface area contributed by atoms with Crippen molar-refractivity contribution in [1.82, 2.24) is 14.7 Å². The minimum Gasteiger partial charge on any atom is -0.335 e. The summed E-state index contributed by atoms with van der Waals surface area (Å²) in [7, 11) is 0. The second kappa shape index (κ2) is 8.42. The van der Waals surface area contributed by atoms with Crippen LogP contribution in [0.3, 0.4) is 0 Å². The van der Waals surface area contributed by atoms with E-state index >= 15 is 0 Å². The molecule has 0 radical (unpaired) electrons. The van der Waals surface area contributed by atoms with Crippen molar-refractivity contribution >= 4 is 29.9 Å². The predicted octanol–water partition coefficient (Wildman–Crippen LogP) is 3.43. The lowest BCUT2D eigenvalue weighted by atomic mass is 10.1. The molecule has 1 amide bonds. The van der Waals surface area contributed by atoms with Gasteiger partial charge < -0.3 is 10.6 Å². The van der Waals surface area contributed by atoms with Gasteiger partial charge >= 0.3 is 0 Å². The summed E-state index contributed by atoms with van der Waals surface area (Å²) in [6, 6.07) is 7.92. The Morgan fingerprint density at radius 3 is 2.54 bits per heavy atom. The number of carbonyl (C=O) groups excluding carboxylic acids is 1. The van der Waals surface area contributed by atoms with Crippen LogP contribution < -0.4 is 5.73 Å². The Hall–Kier alpha value is -1.56. The summed E-state index contributed by atoms with van der Waals surface area (Å²) in [5, 5.41) is 5.31. The van der Waals surface area contributed by atoms with Gasteiger partial charge in [-0.05, 0) is 57.4 Å². The van der Waals surface area contributed by atoms with Crippen LogP contribution in [-0.4, -0.2) is 39.7 Å². The number of amides is 1. The summed E-state index contributed by atoms with van der Waals surface area (Å²) in [5.74, 6) is 0.462. The quantitative estimate of drug-likeness (QED) is 0.860. The lowest BCUT2D eigenvalue weighted by Gasteiger charge is -2.21. The average Bonchev–Trinajstić information content (AvgIpc) is 3.09. The van der Waals surface area contributed by atoms with Crippen molar-refractivity contribution in [3.05, 3.63) is 51.8 Å². The summed E-state index contributed by atoms with van der Waals surface area (Å²) in [5.41, 5.74) is 9.30. The number of benzene rings is 1. The van der Waals surface area contributed by atoms with Gasteiger partial charge in [0.2, 0.25) is 0 Å². The van der Waals surface area contributed by atoms with E-state index in [4.69, 9.17) is 17.3 Å². The molecule has 7 heteroatoms. The Labute approximate surface area is 165 Å². The molecule has 0 spiro atoms. The Balaban J connectivity index is 0.00000243. The molecule has 1 aliphatic rings. The highest BCUT2D eigenvalue weighted by Gasteiger charge is 2.34. The molecule has 2 heterocycles. The Morgan fingerprint density at radius 2 is 1.96 bits per heavy atom. The maximum absolute atomic E-state index is 13.1. The van der Waals surface area contributed by atoms with Crippen LogP contribution in [0.15, 0.2) is 24.3 Å². The number of rotatable bonds is 4. The summed E-state index contributed by atoms with van der Waals surface area (Å²) >= 11 is 5.95. The smallest absolute Gasteiger partial charge is 0.257 e. The average molecular weight is 397 g/mol. The van der Waals surface area contributed by atoms with Crippen LogP contribution in [0.25, 0.3) is 0 Å². The van der Waals surface area contributed by atoms with E-state index in [1.54, 1.807) is 0 Å². The SMILES string of the molecule is Cc1nn(Cc2ccc(Cl)cc2)c(C)c1C(=O)N1CC(CN)CC1C.Cl. The van der Waals surface area contributed by atoms with Gasteiger partial charge in [0.15, 0.2) is 0 Å². The molecule has 1 aromatic heterocycles. The highest BCUT2D eigenvalue weighted by Crippen LogP contribution is 2.26. The molecule has 0 bridgehead atoms. The van der Waals surface area contributed by atoms with Crippen molar-refractivity contribution in [2.24, 2.45) is 11.7 Å². The zero-order valence-electron chi connectivity index (χ0n) is 15.4. The van der Waals surface area contributed by atoms with Crippen LogP contribution in [0.5, 0.6) is 0 Å². The second-order valence-corrected chi connectivity index (χ2v) is 7.41. The van der Waals surface area contributed by atoms with Crippen LogP contribution in [-0.2, 0) is 6.54 Å². The van der Waals surface area contributed by atoms with Gasteiger partial charge in [0.1, 0.15) is 0 Å². The number of hydrogen-bond acceptors (Lipinski definition) is 3. The maximum atomic E-state index is 13.1. The second-order valence-electron chi connectivity index (χ2n) is 6.97. The van der Waals surface area contributed by atoms with Gasteiger partial charge in [0, 0.05) is 23.3 Å². The summed E-state index contributed by atoms with van der Waals surface area (Å²) in [4.78, 5) is 15.0. The molecule has 26 heavy (non-hydrogen) atoms. The van der Waals surface area contributed by atoms with Gasteiger partial charge in [-0.1, -0.05) is 23.7 Å². The van der Waals surface area contributed by atoms with E-state index in [-0.39, 0.29) is 24.4 Å². The summed E-state index contributed by atoms with van der Waals surface area (Å²) in [6.07, 6.45) is 0.971. The fourth-order valence-electron chi connectivity index (χ4n) is 3.66. The van der Waals surface area contributed by atoms with Crippen LogP contribution >= 0.6 is 24.0 Å². The molecule has 1 fully saturated rings. The topological polar surface area (TPSA) is 64.2 Å². The predicted molar refractivity (Wildman–Crippen MR) is 107 cm³/mol. The van der Waals surface area contributed by atoms with Crippen LogP contribution in [0, 0.1) is 19.8 Å².